The third kappa shape index (κ3) is 2.95. The number of benzene rings is 1. The van der Waals surface area contributed by atoms with Gasteiger partial charge in [-0.2, -0.15) is 0 Å². The molecule has 1 aromatic rings. The SMILES string of the molecule is OCC1CCC(Oc2ccc(Br)cc2)C1. The first-order valence-corrected chi connectivity index (χ1v) is 6.10. The normalized spacial score (nSPS) is 25.5. The maximum atomic E-state index is 9.02. The Bertz CT molecular complexity index is 310. The first kappa shape index (κ1) is 11.0. The molecule has 1 fully saturated rings. The lowest BCUT2D eigenvalue weighted by atomic mass is 10.1. The summed E-state index contributed by atoms with van der Waals surface area (Å²) in [5, 5.41) is 9.02. The fourth-order valence-corrected chi connectivity index (χ4v) is 2.27. The van der Waals surface area contributed by atoms with Crippen molar-refractivity contribution in [2.45, 2.75) is 25.4 Å². The zero-order valence-corrected chi connectivity index (χ0v) is 10.1. The average Bonchev–Trinajstić information content (AvgIpc) is 2.69. The molecule has 0 heterocycles. The molecule has 2 unspecified atom stereocenters. The lowest BCUT2D eigenvalue weighted by Gasteiger charge is -2.13. The van der Waals surface area contributed by atoms with E-state index in [9.17, 15) is 0 Å². The molecule has 0 amide bonds. The van der Waals surface area contributed by atoms with Crippen molar-refractivity contribution in [1.82, 2.24) is 0 Å². The summed E-state index contributed by atoms with van der Waals surface area (Å²) in [6, 6.07) is 7.90. The first-order valence-electron chi connectivity index (χ1n) is 5.31. The van der Waals surface area contributed by atoms with Crippen LogP contribution >= 0.6 is 15.9 Å². The van der Waals surface area contributed by atoms with Crippen LogP contribution in [0.4, 0.5) is 0 Å². The van der Waals surface area contributed by atoms with Crippen LogP contribution in [-0.4, -0.2) is 17.8 Å². The van der Waals surface area contributed by atoms with Crippen molar-refractivity contribution in [2.24, 2.45) is 5.92 Å². The summed E-state index contributed by atoms with van der Waals surface area (Å²) < 4.78 is 6.89. The summed E-state index contributed by atoms with van der Waals surface area (Å²) in [5.74, 6) is 1.35. The van der Waals surface area contributed by atoms with Gasteiger partial charge in [0, 0.05) is 11.1 Å². The van der Waals surface area contributed by atoms with Gasteiger partial charge < -0.3 is 9.84 Å². The molecular weight excluding hydrogens is 256 g/mol. The molecule has 3 heteroatoms. The van der Waals surface area contributed by atoms with Gasteiger partial charge in [0.15, 0.2) is 0 Å². The van der Waals surface area contributed by atoms with Crippen molar-refractivity contribution in [1.29, 1.82) is 0 Å². The van der Waals surface area contributed by atoms with Crippen LogP contribution in [0, 0.1) is 5.92 Å². The molecule has 1 aromatic carbocycles. The van der Waals surface area contributed by atoms with Crippen molar-refractivity contribution in [2.75, 3.05) is 6.61 Å². The first-order chi connectivity index (χ1) is 7.28. The minimum atomic E-state index is 0.281. The summed E-state index contributed by atoms with van der Waals surface area (Å²) in [6.07, 6.45) is 3.40. The van der Waals surface area contributed by atoms with Gasteiger partial charge in [-0.05, 0) is 49.4 Å². The highest BCUT2D eigenvalue weighted by atomic mass is 79.9. The standard InChI is InChI=1S/C12H15BrO2/c13-10-2-5-11(6-3-10)15-12-4-1-9(7-12)8-14/h2-3,5-6,9,12,14H,1,4,7-8H2. The summed E-state index contributed by atoms with van der Waals surface area (Å²) in [6.45, 7) is 0.292. The molecule has 1 saturated carbocycles. The average molecular weight is 271 g/mol. The Morgan fingerprint density at radius 2 is 2.00 bits per heavy atom. The molecule has 82 valence electrons. The van der Waals surface area contributed by atoms with Gasteiger partial charge in [0.2, 0.25) is 0 Å². The molecule has 2 nitrogen and oxygen atoms in total. The third-order valence-corrected chi connectivity index (χ3v) is 3.40. The monoisotopic (exact) mass is 270 g/mol. The summed E-state index contributed by atoms with van der Waals surface area (Å²) in [5.41, 5.74) is 0. The van der Waals surface area contributed by atoms with Crippen molar-refractivity contribution in [3.63, 3.8) is 0 Å². The topological polar surface area (TPSA) is 29.5 Å². The zero-order valence-electron chi connectivity index (χ0n) is 8.53. The van der Waals surface area contributed by atoms with Gasteiger partial charge in [0.05, 0.1) is 6.10 Å². The lowest BCUT2D eigenvalue weighted by molar-refractivity contribution is 0.183. The largest absolute Gasteiger partial charge is 0.490 e. The molecule has 2 rings (SSSR count). The molecule has 0 bridgehead atoms. The zero-order chi connectivity index (χ0) is 10.7. The van der Waals surface area contributed by atoms with E-state index in [4.69, 9.17) is 9.84 Å². The highest BCUT2D eigenvalue weighted by molar-refractivity contribution is 9.10. The molecular formula is C12H15BrO2. The molecule has 0 aliphatic heterocycles. The van der Waals surface area contributed by atoms with Crippen LogP contribution in [0.15, 0.2) is 28.7 Å². The van der Waals surface area contributed by atoms with Crippen LogP contribution in [0.5, 0.6) is 5.75 Å². The van der Waals surface area contributed by atoms with Crippen LogP contribution < -0.4 is 4.74 Å². The second-order valence-electron chi connectivity index (χ2n) is 4.06. The Kier molecular flexibility index (Phi) is 3.65. The highest BCUT2D eigenvalue weighted by Crippen LogP contribution is 2.29. The maximum Gasteiger partial charge on any atom is 0.119 e. The third-order valence-electron chi connectivity index (χ3n) is 2.87. The minimum Gasteiger partial charge on any atom is -0.490 e. The molecule has 1 aliphatic carbocycles. The van der Waals surface area contributed by atoms with Gasteiger partial charge in [-0.25, -0.2) is 0 Å². The van der Waals surface area contributed by atoms with Gasteiger partial charge in [0.1, 0.15) is 5.75 Å². The highest BCUT2D eigenvalue weighted by Gasteiger charge is 2.25. The molecule has 0 radical (unpaired) electrons. The van der Waals surface area contributed by atoms with Crippen LogP contribution in [0.3, 0.4) is 0 Å². The second-order valence-corrected chi connectivity index (χ2v) is 4.97. The summed E-state index contributed by atoms with van der Waals surface area (Å²) in [4.78, 5) is 0. The van der Waals surface area contributed by atoms with Gasteiger partial charge in [-0.15, -0.1) is 0 Å². The van der Waals surface area contributed by atoms with E-state index in [1.165, 1.54) is 0 Å². The van der Waals surface area contributed by atoms with Gasteiger partial charge >= 0.3 is 0 Å². The van der Waals surface area contributed by atoms with Crippen LogP contribution in [0.25, 0.3) is 0 Å². The molecule has 1 aliphatic rings. The minimum absolute atomic E-state index is 0.281. The second kappa shape index (κ2) is 4.99. The molecule has 1 N–H and O–H groups in total. The number of hydrogen-bond donors (Lipinski definition) is 1. The Morgan fingerprint density at radius 1 is 1.27 bits per heavy atom. The van der Waals surface area contributed by atoms with E-state index >= 15 is 0 Å². The molecule has 2 atom stereocenters. The Balaban J connectivity index is 1.90. The lowest BCUT2D eigenvalue weighted by Crippen LogP contribution is -2.12. The van der Waals surface area contributed by atoms with Crippen LogP contribution in [0.1, 0.15) is 19.3 Å². The number of rotatable bonds is 3. The molecule has 0 spiro atoms. The smallest absolute Gasteiger partial charge is 0.119 e. The molecule has 0 aromatic heterocycles. The van der Waals surface area contributed by atoms with E-state index in [0.29, 0.717) is 12.5 Å². The number of halogens is 1. The van der Waals surface area contributed by atoms with E-state index in [1.54, 1.807) is 0 Å². The quantitative estimate of drug-likeness (QED) is 0.915. The van der Waals surface area contributed by atoms with E-state index in [2.05, 4.69) is 15.9 Å². The Morgan fingerprint density at radius 3 is 2.60 bits per heavy atom. The predicted octanol–water partition coefficient (Wildman–Crippen LogP) is 2.99. The number of aliphatic hydroxyl groups is 1. The van der Waals surface area contributed by atoms with Crippen molar-refractivity contribution in [3.05, 3.63) is 28.7 Å². The van der Waals surface area contributed by atoms with Crippen molar-refractivity contribution >= 4 is 15.9 Å². The molecule has 0 saturated heterocycles. The fraction of sp³-hybridized carbons (Fsp3) is 0.500. The van der Waals surface area contributed by atoms with Gasteiger partial charge in [-0.1, -0.05) is 15.9 Å². The Hall–Kier alpha value is -0.540. The van der Waals surface area contributed by atoms with Crippen molar-refractivity contribution in [3.8, 4) is 5.75 Å². The van der Waals surface area contributed by atoms with E-state index in [1.807, 2.05) is 24.3 Å². The molecule has 15 heavy (non-hydrogen) atoms. The summed E-state index contributed by atoms with van der Waals surface area (Å²) in [7, 11) is 0. The van der Waals surface area contributed by atoms with Crippen LogP contribution in [0.2, 0.25) is 0 Å². The van der Waals surface area contributed by atoms with E-state index < -0.39 is 0 Å². The maximum absolute atomic E-state index is 9.02. The van der Waals surface area contributed by atoms with Crippen LogP contribution in [-0.2, 0) is 0 Å². The van der Waals surface area contributed by atoms with Gasteiger partial charge in [0.25, 0.3) is 0 Å². The summed E-state index contributed by atoms with van der Waals surface area (Å²) >= 11 is 3.39. The fourth-order valence-electron chi connectivity index (χ4n) is 2.01. The van der Waals surface area contributed by atoms with Gasteiger partial charge in [-0.3, -0.25) is 0 Å². The van der Waals surface area contributed by atoms with E-state index in [0.717, 1.165) is 29.5 Å². The number of hydrogen-bond acceptors (Lipinski definition) is 2. The van der Waals surface area contributed by atoms with E-state index in [-0.39, 0.29) is 6.10 Å². The Labute approximate surface area is 98.4 Å². The predicted molar refractivity (Wildman–Crippen MR) is 63.0 cm³/mol. The number of ether oxygens (including phenoxy) is 1. The number of aliphatic hydroxyl groups excluding tert-OH is 1. The van der Waals surface area contributed by atoms with Crippen molar-refractivity contribution < 1.29 is 9.84 Å².